The van der Waals surface area contributed by atoms with Gasteiger partial charge >= 0.3 is 0 Å². The lowest BCUT2D eigenvalue weighted by atomic mass is 9.74. The van der Waals surface area contributed by atoms with E-state index in [9.17, 15) is 0 Å². The van der Waals surface area contributed by atoms with Crippen LogP contribution in [0.25, 0.3) is 64.4 Å². The lowest BCUT2D eigenvalue weighted by Gasteiger charge is -2.32. The lowest BCUT2D eigenvalue weighted by molar-refractivity contribution is 0.662. The van der Waals surface area contributed by atoms with Gasteiger partial charge < -0.3 is 9.32 Å². The standard InChI is InChI=1S/C50H33NOS/c1-50(42-19-9-5-15-37(42)38-16-6-10-20-43(38)50)34-29-44(49-41-18-7-11-21-45(41)52-46(49)30-34)51(35-25-23-33(24-26-35)32-13-3-2-4-14-32)36-27-28-40-39-17-8-12-22-47(39)53-48(40)31-36/h2-31H,1H3. The second-order valence-electron chi connectivity index (χ2n) is 14.2. The molecule has 0 aliphatic heterocycles. The average Bonchev–Trinajstić information content (AvgIpc) is 3.87. The van der Waals surface area contributed by atoms with Crippen LogP contribution < -0.4 is 4.90 Å². The molecule has 1 aliphatic rings. The summed E-state index contributed by atoms with van der Waals surface area (Å²) < 4.78 is 9.37. The quantitative estimate of drug-likeness (QED) is 0.178. The number of benzene rings is 8. The highest BCUT2D eigenvalue weighted by molar-refractivity contribution is 7.25. The molecule has 11 rings (SSSR count). The zero-order valence-corrected chi connectivity index (χ0v) is 29.9. The summed E-state index contributed by atoms with van der Waals surface area (Å²) in [7, 11) is 0. The zero-order chi connectivity index (χ0) is 35.1. The van der Waals surface area contributed by atoms with Crippen molar-refractivity contribution in [1.29, 1.82) is 0 Å². The van der Waals surface area contributed by atoms with Gasteiger partial charge in [-0.3, -0.25) is 0 Å². The van der Waals surface area contributed by atoms with Crippen LogP contribution in [0.4, 0.5) is 17.1 Å². The van der Waals surface area contributed by atoms with Crippen LogP contribution in [-0.4, -0.2) is 0 Å². The van der Waals surface area contributed by atoms with Crippen molar-refractivity contribution in [3.63, 3.8) is 0 Å². The molecule has 0 N–H and O–H groups in total. The van der Waals surface area contributed by atoms with Crippen molar-refractivity contribution < 1.29 is 4.42 Å². The van der Waals surface area contributed by atoms with Crippen molar-refractivity contribution in [2.75, 3.05) is 4.90 Å². The van der Waals surface area contributed by atoms with Gasteiger partial charge in [-0.1, -0.05) is 133 Å². The van der Waals surface area contributed by atoms with Crippen molar-refractivity contribution in [3.8, 4) is 22.3 Å². The number of nitrogens with zero attached hydrogens (tertiary/aromatic N) is 1. The Balaban J connectivity index is 1.21. The molecule has 0 fully saturated rings. The van der Waals surface area contributed by atoms with Crippen molar-refractivity contribution in [2.24, 2.45) is 0 Å². The summed E-state index contributed by atoms with van der Waals surface area (Å²) in [6, 6.07) is 66.3. The Morgan fingerprint density at radius 1 is 0.472 bits per heavy atom. The van der Waals surface area contributed by atoms with Gasteiger partial charge in [-0.15, -0.1) is 11.3 Å². The first-order valence-electron chi connectivity index (χ1n) is 18.2. The molecule has 250 valence electrons. The molecule has 0 spiro atoms. The van der Waals surface area contributed by atoms with Crippen LogP contribution in [0.1, 0.15) is 23.6 Å². The largest absolute Gasteiger partial charge is 0.456 e. The Hall–Kier alpha value is -6.42. The Kier molecular flexibility index (Phi) is 6.58. The lowest BCUT2D eigenvalue weighted by Crippen LogP contribution is -2.23. The van der Waals surface area contributed by atoms with Gasteiger partial charge in [-0.2, -0.15) is 0 Å². The Labute approximate surface area is 311 Å². The smallest absolute Gasteiger partial charge is 0.137 e. The molecule has 2 nitrogen and oxygen atoms in total. The molecule has 2 aromatic heterocycles. The van der Waals surface area contributed by atoms with Crippen molar-refractivity contribution >= 4 is 70.5 Å². The number of thiophene rings is 1. The fourth-order valence-corrected chi connectivity index (χ4v) is 9.92. The van der Waals surface area contributed by atoms with Crippen molar-refractivity contribution in [1.82, 2.24) is 0 Å². The fourth-order valence-electron chi connectivity index (χ4n) is 8.78. The average molecular weight is 696 g/mol. The molecule has 0 amide bonds. The van der Waals surface area contributed by atoms with E-state index in [1.54, 1.807) is 0 Å². The van der Waals surface area contributed by atoms with E-state index < -0.39 is 5.41 Å². The van der Waals surface area contributed by atoms with E-state index >= 15 is 0 Å². The van der Waals surface area contributed by atoms with Crippen LogP contribution in [0.5, 0.6) is 0 Å². The summed E-state index contributed by atoms with van der Waals surface area (Å²) >= 11 is 1.85. The Morgan fingerprint density at radius 3 is 1.85 bits per heavy atom. The van der Waals surface area contributed by atoms with Gasteiger partial charge in [-0.05, 0) is 94.4 Å². The summed E-state index contributed by atoms with van der Waals surface area (Å²) in [4.78, 5) is 2.45. The maximum Gasteiger partial charge on any atom is 0.137 e. The molecule has 1 aliphatic carbocycles. The normalized spacial score (nSPS) is 13.2. The van der Waals surface area contributed by atoms with Gasteiger partial charge in [0.1, 0.15) is 11.2 Å². The van der Waals surface area contributed by atoms with Crippen LogP contribution in [0.15, 0.2) is 186 Å². The first kappa shape index (κ1) is 30.2. The van der Waals surface area contributed by atoms with Crippen molar-refractivity contribution in [2.45, 2.75) is 12.3 Å². The number of rotatable bonds is 5. The second-order valence-corrected chi connectivity index (χ2v) is 15.3. The molecule has 10 aromatic rings. The predicted molar refractivity (Wildman–Crippen MR) is 224 cm³/mol. The summed E-state index contributed by atoms with van der Waals surface area (Å²) in [5.41, 5.74) is 13.5. The third-order valence-corrected chi connectivity index (χ3v) is 12.5. The number of furan rings is 1. The van der Waals surface area contributed by atoms with Crippen molar-refractivity contribution in [3.05, 3.63) is 199 Å². The molecule has 0 unspecified atom stereocenters. The van der Waals surface area contributed by atoms with Gasteiger partial charge in [0.15, 0.2) is 0 Å². The molecule has 0 saturated heterocycles. The van der Waals surface area contributed by atoms with E-state index in [-0.39, 0.29) is 0 Å². The van der Waals surface area contributed by atoms with Gasteiger partial charge in [0.05, 0.1) is 11.1 Å². The van der Waals surface area contributed by atoms with Gasteiger partial charge in [0.25, 0.3) is 0 Å². The number of para-hydroxylation sites is 1. The van der Waals surface area contributed by atoms with E-state index in [0.29, 0.717) is 0 Å². The molecule has 8 aromatic carbocycles. The monoisotopic (exact) mass is 695 g/mol. The van der Waals surface area contributed by atoms with Gasteiger partial charge in [-0.25, -0.2) is 0 Å². The topological polar surface area (TPSA) is 16.4 Å². The highest BCUT2D eigenvalue weighted by Crippen LogP contribution is 2.55. The maximum atomic E-state index is 6.80. The SMILES string of the molecule is CC1(c2cc(N(c3ccc(-c4ccccc4)cc3)c3ccc4c(c3)sc3ccccc34)c3c(c2)oc2ccccc23)c2ccccc2-c2ccccc21. The minimum absolute atomic E-state index is 0.395. The summed E-state index contributed by atoms with van der Waals surface area (Å²) in [6.45, 7) is 2.38. The van der Waals surface area contributed by atoms with Crippen LogP contribution in [0, 0.1) is 0 Å². The highest BCUT2D eigenvalue weighted by Gasteiger charge is 2.41. The number of anilines is 3. The number of fused-ring (bicyclic) bond motifs is 9. The van der Waals surface area contributed by atoms with E-state index in [4.69, 9.17) is 4.42 Å². The summed E-state index contributed by atoms with van der Waals surface area (Å²) in [5, 5.41) is 4.80. The molecular weight excluding hydrogens is 663 g/mol. The molecule has 53 heavy (non-hydrogen) atoms. The van der Waals surface area contributed by atoms with E-state index in [0.717, 1.165) is 39.0 Å². The third-order valence-electron chi connectivity index (χ3n) is 11.4. The van der Waals surface area contributed by atoms with Crippen LogP contribution in [-0.2, 0) is 5.41 Å². The van der Waals surface area contributed by atoms with Gasteiger partial charge in [0, 0.05) is 42.3 Å². The Bertz CT molecular complexity index is 2980. The molecule has 0 saturated carbocycles. The van der Waals surface area contributed by atoms with Crippen LogP contribution in [0.2, 0.25) is 0 Å². The van der Waals surface area contributed by atoms with E-state index in [2.05, 4.69) is 194 Å². The first-order valence-corrected chi connectivity index (χ1v) is 19.0. The summed E-state index contributed by atoms with van der Waals surface area (Å²) in [5.74, 6) is 0. The van der Waals surface area contributed by atoms with Gasteiger partial charge in [0.2, 0.25) is 0 Å². The first-order chi connectivity index (χ1) is 26.1. The van der Waals surface area contributed by atoms with E-state index in [1.807, 2.05) is 11.3 Å². The molecule has 0 radical (unpaired) electrons. The second kappa shape index (κ2) is 11.5. The third kappa shape index (κ3) is 4.51. The minimum atomic E-state index is -0.395. The molecule has 0 atom stereocenters. The highest BCUT2D eigenvalue weighted by atomic mass is 32.1. The Morgan fingerprint density at radius 2 is 1.08 bits per heavy atom. The maximum absolute atomic E-state index is 6.80. The fraction of sp³-hybridized carbons (Fsp3) is 0.0400. The molecule has 0 bridgehead atoms. The molecular formula is C50H33NOS. The molecule has 3 heteroatoms. The molecule has 2 heterocycles. The number of hydrogen-bond acceptors (Lipinski definition) is 3. The van der Waals surface area contributed by atoms with Crippen LogP contribution >= 0.6 is 11.3 Å². The van der Waals surface area contributed by atoms with E-state index in [1.165, 1.54) is 59.1 Å². The minimum Gasteiger partial charge on any atom is -0.456 e. The number of hydrogen-bond donors (Lipinski definition) is 0. The van der Waals surface area contributed by atoms with Crippen LogP contribution in [0.3, 0.4) is 0 Å². The predicted octanol–water partition coefficient (Wildman–Crippen LogP) is 14.4. The summed E-state index contributed by atoms with van der Waals surface area (Å²) in [6.07, 6.45) is 0. The zero-order valence-electron chi connectivity index (χ0n) is 29.1.